The highest BCUT2D eigenvalue weighted by Crippen LogP contribution is 2.44. The van der Waals surface area contributed by atoms with Gasteiger partial charge < -0.3 is 15.3 Å². The van der Waals surface area contributed by atoms with Crippen molar-refractivity contribution in [3.63, 3.8) is 0 Å². The Balaban J connectivity index is 0.981. The first-order valence-electron chi connectivity index (χ1n) is 14.6. The molecule has 1 aromatic carbocycles. The lowest BCUT2D eigenvalue weighted by atomic mass is 9.79. The number of amides is 2. The van der Waals surface area contributed by atoms with Gasteiger partial charge in [0.15, 0.2) is 0 Å². The van der Waals surface area contributed by atoms with Gasteiger partial charge in [-0.2, -0.15) is 13.2 Å². The molecule has 2 saturated heterocycles. The topological polar surface area (TPSA) is 98.7 Å². The van der Waals surface area contributed by atoms with Gasteiger partial charge in [-0.1, -0.05) is 6.07 Å². The maximum Gasteiger partial charge on any atom is 0.416 e. The number of benzene rings is 1. The Morgan fingerprint density at radius 3 is 2.53 bits per heavy atom. The van der Waals surface area contributed by atoms with Gasteiger partial charge in [0.25, 0.3) is 5.91 Å². The van der Waals surface area contributed by atoms with E-state index in [2.05, 4.69) is 20.2 Å². The third-order valence-corrected chi connectivity index (χ3v) is 10.2. The average molecular weight is 614 g/mol. The van der Waals surface area contributed by atoms with Gasteiger partial charge in [-0.3, -0.25) is 19.5 Å². The predicted molar refractivity (Wildman–Crippen MR) is 155 cm³/mol. The Bertz CT molecular complexity index is 1460. The van der Waals surface area contributed by atoms with Gasteiger partial charge in [0.05, 0.1) is 17.8 Å². The minimum Gasteiger partial charge on any atom is -0.384 e. The maximum absolute atomic E-state index is 13.0. The van der Waals surface area contributed by atoms with Gasteiger partial charge in [-0.05, 0) is 75.4 Å². The van der Waals surface area contributed by atoms with Crippen LogP contribution in [0.3, 0.4) is 0 Å². The minimum absolute atomic E-state index is 0.00166. The number of thiazole rings is 1. The highest BCUT2D eigenvalue weighted by molar-refractivity contribution is 7.13. The molecule has 1 saturated carbocycles. The van der Waals surface area contributed by atoms with E-state index in [1.165, 1.54) is 12.1 Å². The molecule has 3 aromatic rings. The van der Waals surface area contributed by atoms with E-state index in [-0.39, 0.29) is 23.4 Å². The van der Waals surface area contributed by atoms with E-state index in [4.69, 9.17) is 0 Å². The van der Waals surface area contributed by atoms with Crippen LogP contribution in [-0.2, 0) is 16.6 Å². The number of carbonyl (C=O) groups is 2. The Morgan fingerprint density at radius 2 is 1.84 bits per heavy atom. The summed E-state index contributed by atoms with van der Waals surface area (Å²) in [7, 11) is 0. The number of nitrogens with zero attached hydrogens (tertiary/aromatic N) is 4. The molecule has 2 aliphatic heterocycles. The Labute approximate surface area is 251 Å². The van der Waals surface area contributed by atoms with Crippen LogP contribution in [0.25, 0.3) is 10.6 Å². The molecule has 3 fully saturated rings. The molecule has 1 spiro atoms. The van der Waals surface area contributed by atoms with Gasteiger partial charge in [0.1, 0.15) is 10.6 Å². The standard InChI is InChI=1S/C31H34F3N5O3S/c32-31(33,34)23-3-1-2-21(16-23)27(41)37-18-26(40)39-14-11-29(20-39)10-13-38(19-29)24-6-8-30(42,9-7-24)25-5-4-22(17-36-25)28-35-12-15-43-28/h1-5,12,15-17,24,42H,6-11,13-14,18-20H2,(H,37,41). The molecule has 0 bridgehead atoms. The van der Waals surface area contributed by atoms with Crippen LogP contribution in [0, 0.1) is 5.41 Å². The van der Waals surface area contributed by atoms with Crippen molar-refractivity contribution < 1.29 is 27.9 Å². The summed E-state index contributed by atoms with van der Waals surface area (Å²) in [5, 5.41) is 16.7. The van der Waals surface area contributed by atoms with Gasteiger partial charge in [-0.25, -0.2) is 4.98 Å². The van der Waals surface area contributed by atoms with Crippen LogP contribution in [0.5, 0.6) is 0 Å². The van der Waals surface area contributed by atoms with E-state index < -0.39 is 23.2 Å². The van der Waals surface area contributed by atoms with Crippen LogP contribution in [0.2, 0.25) is 0 Å². The molecule has 0 radical (unpaired) electrons. The fourth-order valence-corrected chi connectivity index (χ4v) is 7.46. The molecule has 228 valence electrons. The van der Waals surface area contributed by atoms with Crippen LogP contribution >= 0.6 is 11.3 Å². The van der Waals surface area contributed by atoms with Crippen molar-refractivity contribution >= 4 is 23.2 Å². The van der Waals surface area contributed by atoms with Crippen molar-refractivity contribution in [1.82, 2.24) is 25.1 Å². The Kier molecular flexibility index (Phi) is 8.03. The fourth-order valence-electron chi connectivity index (χ4n) is 6.83. The quantitative estimate of drug-likeness (QED) is 0.418. The van der Waals surface area contributed by atoms with Crippen LogP contribution in [0.4, 0.5) is 13.2 Å². The van der Waals surface area contributed by atoms with Gasteiger partial charge in [-0.15, -0.1) is 11.3 Å². The number of nitrogens with one attached hydrogen (secondary N) is 1. The first-order valence-corrected chi connectivity index (χ1v) is 15.5. The molecule has 1 atom stereocenters. The van der Waals surface area contributed by atoms with Crippen LogP contribution in [0.1, 0.15) is 60.1 Å². The summed E-state index contributed by atoms with van der Waals surface area (Å²) >= 11 is 1.56. The largest absolute Gasteiger partial charge is 0.416 e. The van der Waals surface area contributed by atoms with E-state index in [0.29, 0.717) is 37.7 Å². The van der Waals surface area contributed by atoms with Crippen LogP contribution in [-0.4, -0.2) is 75.5 Å². The van der Waals surface area contributed by atoms with Crippen LogP contribution < -0.4 is 5.32 Å². The monoisotopic (exact) mass is 613 g/mol. The van der Waals surface area contributed by atoms with E-state index in [1.54, 1.807) is 28.6 Å². The SMILES string of the molecule is O=C(NCC(=O)N1CCC2(CCN(C3CCC(O)(c4ccc(-c5nccs5)cn4)CC3)C2)C1)c1cccc(C(F)(F)F)c1. The summed E-state index contributed by atoms with van der Waals surface area (Å²) in [6.45, 7) is 2.78. The molecular formula is C31H34F3N5O3S. The van der Waals surface area contributed by atoms with Gasteiger partial charge >= 0.3 is 6.18 Å². The molecule has 2 aromatic heterocycles. The Morgan fingerprint density at radius 1 is 1.05 bits per heavy atom. The second-order valence-corrected chi connectivity index (χ2v) is 13.0. The summed E-state index contributed by atoms with van der Waals surface area (Å²) in [5.74, 6) is -0.935. The smallest absolute Gasteiger partial charge is 0.384 e. The second kappa shape index (κ2) is 11.6. The number of rotatable bonds is 6. The summed E-state index contributed by atoms with van der Waals surface area (Å²) in [5.41, 5.74) is -0.324. The van der Waals surface area contributed by atoms with Gasteiger partial charge in [0, 0.05) is 60.0 Å². The van der Waals surface area contributed by atoms with E-state index in [1.807, 2.05) is 17.5 Å². The highest BCUT2D eigenvalue weighted by Gasteiger charge is 2.47. The number of halogens is 3. The molecule has 1 unspecified atom stereocenters. The maximum atomic E-state index is 13.0. The molecule has 3 aliphatic rings. The number of hydrogen-bond acceptors (Lipinski definition) is 7. The number of likely N-dealkylation sites (tertiary alicyclic amines) is 2. The van der Waals surface area contributed by atoms with Crippen LogP contribution in [0.15, 0.2) is 54.2 Å². The molecule has 4 heterocycles. The molecule has 12 heteroatoms. The molecular weight excluding hydrogens is 579 g/mol. The van der Waals surface area contributed by atoms with Crippen molar-refractivity contribution in [3.8, 4) is 10.6 Å². The van der Waals surface area contributed by atoms with Crippen molar-refractivity contribution in [3.05, 3.63) is 71.0 Å². The molecule has 6 rings (SSSR count). The number of carbonyl (C=O) groups excluding carboxylic acids is 2. The highest BCUT2D eigenvalue weighted by atomic mass is 32.1. The zero-order valence-electron chi connectivity index (χ0n) is 23.6. The molecule has 2 amide bonds. The number of pyridine rings is 1. The molecule has 43 heavy (non-hydrogen) atoms. The second-order valence-electron chi connectivity index (χ2n) is 12.1. The summed E-state index contributed by atoms with van der Waals surface area (Å²) in [4.78, 5) is 38.5. The first kappa shape index (κ1) is 29.7. The minimum atomic E-state index is -4.55. The zero-order valence-corrected chi connectivity index (χ0v) is 24.5. The summed E-state index contributed by atoms with van der Waals surface area (Å²) < 4.78 is 39.0. The van der Waals surface area contributed by atoms with E-state index >= 15 is 0 Å². The molecule has 1 aliphatic carbocycles. The lowest BCUT2D eigenvalue weighted by molar-refractivity contribution is -0.137. The Hall–Kier alpha value is -3.35. The number of hydrogen-bond donors (Lipinski definition) is 2. The van der Waals surface area contributed by atoms with Crippen molar-refractivity contribution in [1.29, 1.82) is 0 Å². The molecule has 8 nitrogen and oxygen atoms in total. The van der Waals surface area contributed by atoms with Crippen molar-refractivity contribution in [2.45, 2.75) is 56.3 Å². The lowest BCUT2D eigenvalue weighted by Crippen LogP contribution is -2.43. The zero-order chi connectivity index (χ0) is 30.2. The molecule has 2 N–H and O–H groups in total. The lowest BCUT2D eigenvalue weighted by Gasteiger charge is -2.39. The first-order chi connectivity index (χ1) is 20.5. The van der Waals surface area contributed by atoms with Crippen molar-refractivity contribution in [2.24, 2.45) is 5.41 Å². The number of aromatic nitrogens is 2. The summed E-state index contributed by atoms with van der Waals surface area (Å²) in [6.07, 6.45) is 3.88. The summed E-state index contributed by atoms with van der Waals surface area (Å²) in [6, 6.07) is 8.43. The third-order valence-electron chi connectivity index (χ3n) is 9.33. The number of aliphatic hydroxyl groups is 1. The fraction of sp³-hybridized carbons (Fsp3) is 0.484. The normalized spacial score (nSPS) is 26.2. The average Bonchev–Trinajstić information content (AvgIpc) is 3.78. The van der Waals surface area contributed by atoms with Crippen molar-refractivity contribution in [2.75, 3.05) is 32.7 Å². The van der Waals surface area contributed by atoms with E-state index in [9.17, 15) is 27.9 Å². The third kappa shape index (κ3) is 6.32. The number of alkyl halides is 3. The predicted octanol–water partition coefficient (Wildman–Crippen LogP) is 4.71. The van der Waals surface area contributed by atoms with Gasteiger partial charge in [0.2, 0.25) is 5.91 Å². The van der Waals surface area contributed by atoms with E-state index in [0.717, 1.165) is 61.5 Å².